The van der Waals surface area contributed by atoms with Gasteiger partial charge in [-0.25, -0.2) is 4.79 Å². The molecule has 4 rings (SSSR count). The molecule has 1 aliphatic heterocycles. The van der Waals surface area contributed by atoms with E-state index in [9.17, 15) is 14.4 Å². The fraction of sp³-hybridized carbons (Fsp3) is 0.174. The van der Waals surface area contributed by atoms with Gasteiger partial charge in [0, 0.05) is 16.6 Å². The van der Waals surface area contributed by atoms with Crippen LogP contribution in [0.15, 0.2) is 54.6 Å². The maximum atomic E-state index is 12.6. The third-order valence-corrected chi connectivity index (χ3v) is 5.15. The molecule has 0 bridgehead atoms. The lowest BCUT2D eigenvalue weighted by atomic mass is 9.99. The molecule has 1 aliphatic rings. The van der Waals surface area contributed by atoms with Gasteiger partial charge in [0.25, 0.3) is 0 Å². The molecule has 146 valence electrons. The van der Waals surface area contributed by atoms with Gasteiger partial charge >= 0.3 is 5.97 Å². The maximum Gasteiger partial charge on any atom is 0.339 e. The normalized spacial score (nSPS) is 15.0. The molecular weight excluding hydrogens is 370 g/mol. The van der Waals surface area contributed by atoms with Crippen molar-refractivity contribution in [2.24, 2.45) is 0 Å². The molecule has 0 aromatic heterocycles. The number of benzene rings is 3. The molecule has 1 amide bonds. The van der Waals surface area contributed by atoms with Crippen molar-refractivity contribution in [2.75, 3.05) is 19.0 Å². The maximum absolute atomic E-state index is 12.6. The fourth-order valence-corrected chi connectivity index (χ4v) is 3.51. The second-order valence-electron chi connectivity index (χ2n) is 6.87. The SMILES string of the molecule is COc1ccc(C(=O)OCC(=O)c2ccc3c(c2)[C@H](C)C(=O)N3)c2ccccc12. The highest BCUT2D eigenvalue weighted by Crippen LogP contribution is 2.33. The summed E-state index contributed by atoms with van der Waals surface area (Å²) in [6.07, 6.45) is 0. The number of anilines is 1. The summed E-state index contributed by atoms with van der Waals surface area (Å²) >= 11 is 0. The summed E-state index contributed by atoms with van der Waals surface area (Å²) in [6, 6.07) is 15.7. The number of carbonyl (C=O) groups is 3. The first-order valence-electron chi connectivity index (χ1n) is 9.20. The van der Waals surface area contributed by atoms with Crippen molar-refractivity contribution >= 4 is 34.1 Å². The molecule has 0 spiro atoms. The average Bonchev–Trinajstić information content (AvgIpc) is 3.04. The van der Waals surface area contributed by atoms with Crippen molar-refractivity contribution in [3.8, 4) is 5.75 Å². The highest BCUT2D eigenvalue weighted by atomic mass is 16.5. The van der Waals surface area contributed by atoms with Gasteiger partial charge in [0.05, 0.1) is 18.6 Å². The van der Waals surface area contributed by atoms with Gasteiger partial charge in [-0.2, -0.15) is 0 Å². The van der Waals surface area contributed by atoms with Gasteiger partial charge in [-0.15, -0.1) is 0 Å². The Hall–Kier alpha value is -3.67. The molecule has 0 saturated carbocycles. The van der Waals surface area contributed by atoms with Crippen LogP contribution in [0.5, 0.6) is 5.75 Å². The molecule has 0 unspecified atom stereocenters. The fourth-order valence-electron chi connectivity index (χ4n) is 3.51. The average molecular weight is 389 g/mol. The predicted octanol–water partition coefficient (Wildman–Crippen LogP) is 3.94. The van der Waals surface area contributed by atoms with Crippen molar-refractivity contribution in [1.29, 1.82) is 0 Å². The number of rotatable bonds is 5. The van der Waals surface area contributed by atoms with Crippen molar-refractivity contribution in [3.63, 3.8) is 0 Å². The first-order valence-corrected chi connectivity index (χ1v) is 9.20. The van der Waals surface area contributed by atoms with Crippen molar-refractivity contribution < 1.29 is 23.9 Å². The van der Waals surface area contributed by atoms with Gasteiger partial charge in [-0.1, -0.05) is 24.3 Å². The van der Waals surface area contributed by atoms with Crippen LogP contribution >= 0.6 is 0 Å². The Balaban J connectivity index is 1.52. The molecule has 0 radical (unpaired) electrons. The van der Waals surface area contributed by atoms with Crippen LogP contribution < -0.4 is 10.1 Å². The summed E-state index contributed by atoms with van der Waals surface area (Å²) < 4.78 is 10.6. The molecule has 0 fully saturated rings. The summed E-state index contributed by atoms with van der Waals surface area (Å²) in [5.41, 5.74) is 2.25. The Morgan fingerprint density at radius 2 is 1.79 bits per heavy atom. The number of amides is 1. The van der Waals surface area contributed by atoms with Crippen molar-refractivity contribution in [2.45, 2.75) is 12.8 Å². The number of esters is 1. The van der Waals surface area contributed by atoms with Crippen LogP contribution in [0, 0.1) is 0 Å². The van der Waals surface area contributed by atoms with Crippen LogP contribution in [0.25, 0.3) is 10.8 Å². The molecule has 1 atom stereocenters. The standard InChI is InChI=1S/C23H19NO5/c1-13-18-11-14(7-9-19(18)24-22(13)26)20(25)12-29-23(27)17-8-10-21(28-2)16-6-4-3-5-15(16)17/h3-11,13H,12H2,1-2H3,(H,24,26)/t13-/m0/s1. The first-order chi connectivity index (χ1) is 14.0. The number of carbonyl (C=O) groups excluding carboxylic acids is 3. The Morgan fingerprint density at radius 1 is 1.03 bits per heavy atom. The summed E-state index contributed by atoms with van der Waals surface area (Å²) in [5, 5.41) is 4.25. The Labute approximate surface area is 167 Å². The molecule has 29 heavy (non-hydrogen) atoms. The molecule has 6 nitrogen and oxygen atoms in total. The molecule has 3 aromatic rings. The van der Waals surface area contributed by atoms with E-state index in [0.717, 1.165) is 10.9 Å². The lowest BCUT2D eigenvalue weighted by Crippen LogP contribution is -2.15. The Morgan fingerprint density at radius 3 is 2.55 bits per heavy atom. The first kappa shape index (κ1) is 18.7. The van der Waals surface area contributed by atoms with E-state index in [1.54, 1.807) is 44.4 Å². The van der Waals surface area contributed by atoms with Gasteiger partial charge in [-0.3, -0.25) is 9.59 Å². The predicted molar refractivity (Wildman–Crippen MR) is 109 cm³/mol. The minimum atomic E-state index is -0.580. The number of nitrogens with one attached hydrogen (secondary N) is 1. The highest BCUT2D eigenvalue weighted by Gasteiger charge is 2.27. The van der Waals surface area contributed by atoms with Crippen LogP contribution in [-0.4, -0.2) is 31.4 Å². The number of ketones is 1. The summed E-state index contributed by atoms with van der Waals surface area (Å²) in [4.78, 5) is 36.9. The smallest absolute Gasteiger partial charge is 0.339 e. The Bertz CT molecular complexity index is 1150. The molecule has 0 saturated heterocycles. The number of hydrogen-bond donors (Lipinski definition) is 1. The third-order valence-electron chi connectivity index (χ3n) is 5.15. The zero-order valence-corrected chi connectivity index (χ0v) is 16.0. The van der Waals surface area contributed by atoms with Crippen molar-refractivity contribution in [1.82, 2.24) is 0 Å². The van der Waals surface area contributed by atoms with Crippen LogP contribution in [0.1, 0.15) is 39.1 Å². The largest absolute Gasteiger partial charge is 0.496 e. The van der Waals surface area contributed by atoms with Crippen LogP contribution in [0.3, 0.4) is 0 Å². The number of fused-ring (bicyclic) bond motifs is 2. The quantitative estimate of drug-likeness (QED) is 0.528. The minimum Gasteiger partial charge on any atom is -0.496 e. The van der Waals surface area contributed by atoms with Crippen molar-refractivity contribution in [3.05, 3.63) is 71.3 Å². The van der Waals surface area contributed by atoms with E-state index in [1.165, 1.54) is 0 Å². The number of ether oxygens (including phenoxy) is 2. The van der Waals surface area contributed by atoms with Gasteiger partial charge in [0.2, 0.25) is 5.91 Å². The minimum absolute atomic E-state index is 0.0950. The van der Waals surface area contributed by atoms with E-state index in [2.05, 4.69) is 5.32 Å². The zero-order chi connectivity index (χ0) is 20.5. The van der Waals surface area contributed by atoms with E-state index < -0.39 is 5.97 Å². The molecule has 6 heteroatoms. The van der Waals surface area contributed by atoms with Gasteiger partial charge in [0.1, 0.15) is 5.75 Å². The molecule has 3 aromatic carbocycles. The summed E-state index contributed by atoms with van der Waals surface area (Å²) in [5.74, 6) is -0.661. The highest BCUT2D eigenvalue weighted by molar-refractivity contribution is 6.08. The number of hydrogen-bond acceptors (Lipinski definition) is 5. The van der Waals surface area contributed by atoms with Gasteiger partial charge in [0.15, 0.2) is 12.4 Å². The van der Waals surface area contributed by atoms with Crippen LogP contribution in [0.2, 0.25) is 0 Å². The topological polar surface area (TPSA) is 81.7 Å². The number of Topliss-reactive ketones (excluding diaryl/α,β-unsaturated/α-hetero) is 1. The Kier molecular flexibility index (Phi) is 4.76. The van der Waals surface area contributed by atoms with E-state index >= 15 is 0 Å². The molecule has 1 N–H and O–H groups in total. The van der Waals surface area contributed by atoms with E-state index in [0.29, 0.717) is 28.0 Å². The lowest BCUT2D eigenvalue weighted by Gasteiger charge is -2.10. The van der Waals surface area contributed by atoms with Crippen LogP contribution in [0.4, 0.5) is 5.69 Å². The second kappa shape index (κ2) is 7.39. The number of methoxy groups -OCH3 is 1. The van der Waals surface area contributed by atoms with Gasteiger partial charge < -0.3 is 14.8 Å². The zero-order valence-electron chi connectivity index (χ0n) is 16.0. The van der Waals surface area contributed by atoms with E-state index in [1.807, 2.05) is 24.3 Å². The second-order valence-corrected chi connectivity index (χ2v) is 6.87. The summed E-state index contributed by atoms with van der Waals surface area (Å²) in [7, 11) is 1.57. The lowest BCUT2D eigenvalue weighted by molar-refractivity contribution is -0.116. The molecule has 0 aliphatic carbocycles. The van der Waals surface area contributed by atoms with E-state index in [4.69, 9.17) is 9.47 Å². The monoisotopic (exact) mass is 389 g/mol. The molecular formula is C23H19NO5. The van der Waals surface area contributed by atoms with Gasteiger partial charge in [-0.05, 0) is 48.2 Å². The summed E-state index contributed by atoms with van der Waals surface area (Å²) in [6.45, 7) is 1.40. The van der Waals surface area contributed by atoms with E-state index in [-0.39, 0.29) is 24.2 Å². The molecule has 1 heterocycles. The third kappa shape index (κ3) is 3.33. The van der Waals surface area contributed by atoms with Crippen LogP contribution in [-0.2, 0) is 9.53 Å².